The van der Waals surface area contributed by atoms with Gasteiger partial charge in [-0.15, -0.1) is 0 Å². The molecule has 0 radical (unpaired) electrons. The molecule has 1 aromatic heterocycles. The minimum absolute atomic E-state index is 0.00394. The van der Waals surface area contributed by atoms with Gasteiger partial charge in [0, 0.05) is 11.5 Å². The molecule has 1 amide bonds. The third-order valence-electron chi connectivity index (χ3n) is 4.25. The number of nitrogens with one attached hydrogen (secondary N) is 1. The van der Waals surface area contributed by atoms with Crippen LogP contribution in [0.15, 0.2) is 70.2 Å². The van der Waals surface area contributed by atoms with E-state index in [9.17, 15) is 26.9 Å². The summed E-state index contributed by atoms with van der Waals surface area (Å²) in [5, 5.41) is 11.3. The summed E-state index contributed by atoms with van der Waals surface area (Å²) in [5.74, 6) is -1.00. The van der Waals surface area contributed by atoms with Gasteiger partial charge in [0.25, 0.3) is 11.1 Å². The van der Waals surface area contributed by atoms with E-state index in [4.69, 9.17) is 4.18 Å². The highest BCUT2D eigenvalue weighted by Crippen LogP contribution is 2.21. The number of benzene rings is 2. The molecule has 0 aliphatic carbocycles. The number of nitrogens with zero attached hydrogens (tertiary/aromatic N) is 3. The SMILES string of the molecule is CC(C)CS(=O)(=O)c1nsc(NC(=O)C(C#N)=Cc2ccc(OS(=O)(=O)c3ccccc3)cc2)n1. The molecule has 0 aliphatic rings. The Bertz CT molecular complexity index is 1490. The van der Waals surface area contributed by atoms with Gasteiger partial charge in [-0.2, -0.15) is 23.0 Å². The van der Waals surface area contributed by atoms with E-state index < -0.39 is 25.9 Å². The smallest absolute Gasteiger partial charge is 0.339 e. The fourth-order valence-corrected chi connectivity index (χ4v) is 6.06. The zero-order valence-corrected chi connectivity index (χ0v) is 21.0. The molecule has 1 N–H and O–H groups in total. The number of nitriles is 1. The molecule has 35 heavy (non-hydrogen) atoms. The van der Waals surface area contributed by atoms with Crippen LogP contribution in [-0.4, -0.2) is 37.9 Å². The van der Waals surface area contributed by atoms with Gasteiger partial charge < -0.3 is 4.18 Å². The second kappa shape index (κ2) is 10.8. The molecule has 0 unspecified atom stereocenters. The summed E-state index contributed by atoms with van der Waals surface area (Å²) in [6, 6.07) is 15.1. The first-order valence-electron chi connectivity index (χ1n) is 10.1. The van der Waals surface area contributed by atoms with E-state index in [-0.39, 0.29) is 38.2 Å². The fraction of sp³-hybridized carbons (Fsp3) is 0.182. The van der Waals surface area contributed by atoms with Crippen LogP contribution in [0.1, 0.15) is 19.4 Å². The van der Waals surface area contributed by atoms with Crippen molar-refractivity contribution in [2.24, 2.45) is 5.92 Å². The summed E-state index contributed by atoms with van der Waals surface area (Å²) >= 11 is 0.689. The van der Waals surface area contributed by atoms with Crippen LogP contribution in [0.4, 0.5) is 5.13 Å². The predicted molar refractivity (Wildman–Crippen MR) is 130 cm³/mol. The van der Waals surface area contributed by atoms with E-state index >= 15 is 0 Å². The van der Waals surface area contributed by atoms with Gasteiger partial charge in [-0.25, -0.2) is 8.42 Å². The van der Waals surface area contributed by atoms with Crippen LogP contribution in [0.25, 0.3) is 6.08 Å². The van der Waals surface area contributed by atoms with Crippen LogP contribution in [0.2, 0.25) is 0 Å². The molecule has 1 heterocycles. The summed E-state index contributed by atoms with van der Waals surface area (Å²) in [5.41, 5.74) is 0.149. The molecule has 13 heteroatoms. The Hall–Kier alpha value is -3.60. The molecule has 0 aliphatic heterocycles. The zero-order chi connectivity index (χ0) is 25.6. The number of sulfone groups is 1. The van der Waals surface area contributed by atoms with Crippen LogP contribution < -0.4 is 9.50 Å². The standard InChI is InChI=1S/C22H20N4O6S3/c1-15(2)14-34(28,29)22-25-21(33-26-22)24-20(27)17(13-23)12-16-8-10-18(11-9-16)32-35(30,31)19-6-4-3-5-7-19/h3-12,15H,14H2,1-2H3,(H,24,25,26,27). The van der Waals surface area contributed by atoms with Crippen molar-refractivity contribution in [1.82, 2.24) is 9.36 Å². The first kappa shape index (κ1) is 26.0. The highest BCUT2D eigenvalue weighted by molar-refractivity contribution is 7.91. The zero-order valence-electron chi connectivity index (χ0n) is 18.6. The van der Waals surface area contributed by atoms with E-state index in [1.165, 1.54) is 42.5 Å². The number of aromatic nitrogens is 2. The van der Waals surface area contributed by atoms with Crippen LogP contribution in [0.5, 0.6) is 5.75 Å². The Labute approximate surface area is 207 Å². The van der Waals surface area contributed by atoms with Crippen molar-refractivity contribution in [2.75, 3.05) is 11.1 Å². The molecule has 0 saturated heterocycles. The monoisotopic (exact) mass is 532 g/mol. The maximum absolute atomic E-state index is 12.5. The van der Waals surface area contributed by atoms with E-state index in [1.807, 2.05) is 0 Å². The lowest BCUT2D eigenvalue weighted by atomic mass is 10.1. The number of hydrogen-bond acceptors (Lipinski definition) is 10. The molecule has 182 valence electrons. The summed E-state index contributed by atoms with van der Waals surface area (Å²) in [6.07, 6.45) is 1.28. The lowest BCUT2D eigenvalue weighted by Gasteiger charge is -2.07. The largest absolute Gasteiger partial charge is 0.379 e. The quantitative estimate of drug-likeness (QED) is 0.248. The van der Waals surface area contributed by atoms with E-state index in [0.29, 0.717) is 17.1 Å². The molecule has 0 atom stereocenters. The molecule has 3 aromatic rings. The third-order valence-corrected chi connectivity index (χ3v) is 8.10. The first-order chi connectivity index (χ1) is 16.5. The van der Waals surface area contributed by atoms with Crippen molar-refractivity contribution >= 4 is 48.6 Å². The Morgan fingerprint density at radius 1 is 1.11 bits per heavy atom. The normalized spacial score (nSPS) is 12.2. The molecular weight excluding hydrogens is 512 g/mol. The maximum atomic E-state index is 12.5. The lowest BCUT2D eigenvalue weighted by molar-refractivity contribution is -0.112. The van der Waals surface area contributed by atoms with Gasteiger partial charge in [0.05, 0.1) is 5.75 Å². The number of hydrogen-bond donors (Lipinski definition) is 1. The van der Waals surface area contributed by atoms with E-state index in [1.54, 1.807) is 38.1 Å². The highest BCUT2D eigenvalue weighted by atomic mass is 32.2. The van der Waals surface area contributed by atoms with Crippen molar-refractivity contribution in [3.63, 3.8) is 0 Å². The Morgan fingerprint density at radius 2 is 1.77 bits per heavy atom. The molecule has 0 spiro atoms. The number of rotatable bonds is 9. The van der Waals surface area contributed by atoms with E-state index in [2.05, 4.69) is 14.7 Å². The third kappa shape index (κ3) is 6.95. The van der Waals surface area contributed by atoms with Gasteiger partial charge in [-0.1, -0.05) is 44.2 Å². The van der Waals surface area contributed by atoms with Gasteiger partial charge >= 0.3 is 10.1 Å². The van der Waals surface area contributed by atoms with Gasteiger partial charge in [-0.05, 0) is 41.8 Å². The van der Waals surface area contributed by atoms with Crippen molar-refractivity contribution in [3.8, 4) is 11.8 Å². The molecule has 0 bridgehead atoms. The Balaban J connectivity index is 1.71. The fourth-order valence-electron chi connectivity index (χ4n) is 2.76. The van der Waals surface area contributed by atoms with Crippen LogP contribution in [0, 0.1) is 17.2 Å². The Morgan fingerprint density at radius 3 is 2.37 bits per heavy atom. The van der Waals surface area contributed by atoms with Gasteiger partial charge in [-0.3, -0.25) is 10.1 Å². The van der Waals surface area contributed by atoms with Gasteiger partial charge in [0.1, 0.15) is 22.3 Å². The average Bonchev–Trinajstić information content (AvgIpc) is 3.27. The number of anilines is 1. The molecule has 2 aromatic carbocycles. The number of carbonyl (C=O) groups excluding carboxylic acids is 1. The molecule has 0 fully saturated rings. The second-order valence-corrected chi connectivity index (χ2v) is 11.8. The van der Waals surface area contributed by atoms with Crippen LogP contribution >= 0.6 is 11.5 Å². The molecule has 3 rings (SSSR count). The molecular formula is C22H20N4O6S3. The minimum atomic E-state index is -4.00. The summed E-state index contributed by atoms with van der Waals surface area (Å²) < 4.78 is 58.0. The molecule has 0 saturated carbocycles. The first-order valence-corrected chi connectivity index (χ1v) is 13.9. The van der Waals surface area contributed by atoms with Crippen LogP contribution in [-0.2, 0) is 24.7 Å². The predicted octanol–water partition coefficient (Wildman–Crippen LogP) is 3.28. The van der Waals surface area contributed by atoms with E-state index in [0.717, 1.165) is 0 Å². The van der Waals surface area contributed by atoms with Gasteiger partial charge in [0.2, 0.25) is 15.0 Å². The van der Waals surface area contributed by atoms with Crippen molar-refractivity contribution < 1.29 is 25.8 Å². The second-order valence-electron chi connectivity index (χ2n) is 7.60. The van der Waals surface area contributed by atoms with Gasteiger partial charge in [0.15, 0.2) is 0 Å². The minimum Gasteiger partial charge on any atom is -0.379 e. The Kier molecular flexibility index (Phi) is 8.00. The van der Waals surface area contributed by atoms with Crippen molar-refractivity contribution in [2.45, 2.75) is 23.9 Å². The van der Waals surface area contributed by atoms with Crippen molar-refractivity contribution in [1.29, 1.82) is 5.26 Å². The topological polar surface area (TPSA) is 156 Å². The number of carbonyl (C=O) groups is 1. The summed E-state index contributed by atoms with van der Waals surface area (Å²) in [7, 11) is -7.69. The van der Waals surface area contributed by atoms with Crippen molar-refractivity contribution in [3.05, 3.63) is 65.7 Å². The van der Waals surface area contributed by atoms with Crippen LogP contribution in [0.3, 0.4) is 0 Å². The average molecular weight is 533 g/mol. The maximum Gasteiger partial charge on any atom is 0.339 e. The lowest BCUT2D eigenvalue weighted by Crippen LogP contribution is -2.15. The number of amides is 1. The summed E-state index contributed by atoms with van der Waals surface area (Å²) in [4.78, 5) is 16.3. The molecule has 10 nitrogen and oxygen atoms in total. The highest BCUT2D eigenvalue weighted by Gasteiger charge is 2.23. The summed E-state index contributed by atoms with van der Waals surface area (Å²) in [6.45, 7) is 3.49.